The molecule has 0 saturated carbocycles. The molecule has 4 heteroatoms. The fraction of sp³-hybridized carbons (Fsp3) is 0.909. The van der Waals surface area contributed by atoms with Gasteiger partial charge in [0.1, 0.15) is 6.10 Å². The lowest BCUT2D eigenvalue weighted by Gasteiger charge is -2.29. The lowest BCUT2D eigenvalue weighted by atomic mass is 9.90. The molecule has 90 valence electrons. The highest BCUT2D eigenvalue weighted by Gasteiger charge is 2.26. The summed E-state index contributed by atoms with van der Waals surface area (Å²) >= 11 is 0. The minimum atomic E-state index is -0.644. The van der Waals surface area contributed by atoms with Gasteiger partial charge in [-0.2, -0.15) is 0 Å². The zero-order chi connectivity index (χ0) is 12.3. The summed E-state index contributed by atoms with van der Waals surface area (Å²) in [6.07, 6.45) is -0.663. The molecule has 0 rings (SSSR count). The molecule has 0 radical (unpaired) electrons. The molecule has 0 aliphatic carbocycles. The number of amides is 1. The van der Waals surface area contributed by atoms with Crippen LogP contribution < -0.4 is 5.32 Å². The summed E-state index contributed by atoms with van der Waals surface area (Å²) in [5.74, 6) is 0. The van der Waals surface area contributed by atoms with Gasteiger partial charge in [0.05, 0.1) is 12.1 Å². The SMILES string of the molecule is CC(OC(=O)NC(C)(C)CO)C(C)(C)C. The lowest BCUT2D eigenvalue weighted by molar-refractivity contribution is 0.0360. The minimum absolute atomic E-state index is 0.0826. The Morgan fingerprint density at radius 1 is 1.33 bits per heavy atom. The molecule has 0 bridgehead atoms. The van der Waals surface area contributed by atoms with Gasteiger partial charge in [-0.1, -0.05) is 20.8 Å². The molecule has 0 heterocycles. The van der Waals surface area contributed by atoms with E-state index in [0.717, 1.165) is 0 Å². The van der Waals surface area contributed by atoms with Crippen molar-refractivity contribution < 1.29 is 14.6 Å². The third-order valence-electron chi connectivity index (χ3n) is 2.34. The van der Waals surface area contributed by atoms with E-state index in [2.05, 4.69) is 5.32 Å². The second-order valence-electron chi connectivity index (χ2n) is 5.58. The van der Waals surface area contributed by atoms with E-state index >= 15 is 0 Å². The number of carbonyl (C=O) groups is 1. The van der Waals surface area contributed by atoms with Crippen molar-refractivity contribution in [3.8, 4) is 0 Å². The molecule has 0 fully saturated rings. The minimum Gasteiger partial charge on any atom is -0.446 e. The molecule has 1 amide bonds. The number of alkyl carbamates (subject to hydrolysis) is 1. The van der Waals surface area contributed by atoms with Crippen molar-refractivity contribution in [2.24, 2.45) is 5.41 Å². The topological polar surface area (TPSA) is 58.6 Å². The number of hydrogen-bond donors (Lipinski definition) is 2. The van der Waals surface area contributed by atoms with Crippen molar-refractivity contribution >= 4 is 6.09 Å². The second kappa shape index (κ2) is 4.84. The summed E-state index contributed by atoms with van der Waals surface area (Å²) in [7, 11) is 0. The Morgan fingerprint density at radius 2 is 1.80 bits per heavy atom. The van der Waals surface area contributed by atoms with Crippen LogP contribution in [0.2, 0.25) is 0 Å². The fourth-order valence-electron chi connectivity index (χ4n) is 0.683. The van der Waals surface area contributed by atoms with E-state index in [1.165, 1.54) is 0 Å². The van der Waals surface area contributed by atoms with E-state index in [0.29, 0.717) is 0 Å². The highest BCUT2D eigenvalue weighted by molar-refractivity contribution is 5.68. The predicted molar refractivity (Wildman–Crippen MR) is 59.7 cm³/mol. The van der Waals surface area contributed by atoms with E-state index in [-0.39, 0.29) is 18.1 Å². The quantitative estimate of drug-likeness (QED) is 0.759. The van der Waals surface area contributed by atoms with Crippen LogP contribution in [0.3, 0.4) is 0 Å². The Kier molecular flexibility index (Phi) is 4.59. The van der Waals surface area contributed by atoms with Gasteiger partial charge in [0, 0.05) is 0 Å². The Labute approximate surface area is 92.0 Å². The molecule has 0 aromatic heterocycles. The van der Waals surface area contributed by atoms with Crippen molar-refractivity contribution in [2.75, 3.05) is 6.61 Å². The maximum Gasteiger partial charge on any atom is 0.407 e. The molecule has 2 N–H and O–H groups in total. The maximum absolute atomic E-state index is 11.4. The van der Waals surface area contributed by atoms with E-state index in [9.17, 15) is 4.79 Å². The first kappa shape index (κ1) is 14.2. The lowest BCUT2D eigenvalue weighted by Crippen LogP contribution is -2.48. The third-order valence-corrected chi connectivity index (χ3v) is 2.34. The average molecular weight is 217 g/mol. The number of nitrogens with one attached hydrogen (secondary N) is 1. The summed E-state index contributed by atoms with van der Waals surface area (Å²) in [5.41, 5.74) is -0.727. The van der Waals surface area contributed by atoms with Gasteiger partial charge in [0.15, 0.2) is 0 Å². The summed E-state index contributed by atoms with van der Waals surface area (Å²) in [6, 6.07) is 0. The second-order valence-corrected chi connectivity index (χ2v) is 5.58. The van der Waals surface area contributed by atoms with Crippen molar-refractivity contribution in [3.05, 3.63) is 0 Å². The van der Waals surface area contributed by atoms with Gasteiger partial charge in [-0.15, -0.1) is 0 Å². The molecule has 0 aromatic carbocycles. The summed E-state index contributed by atoms with van der Waals surface area (Å²) in [5, 5.41) is 11.6. The van der Waals surface area contributed by atoms with Crippen molar-refractivity contribution in [1.29, 1.82) is 0 Å². The van der Waals surface area contributed by atoms with Crippen LogP contribution in [0, 0.1) is 5.41 Å². The molecular formula is C11H23NO3. The van der Waals surface area contributed by atoms with E-state index in [4.69, 9.17) is 9.84 Å². The van der Waals surface area contributed by atoms with Crippen LogP contribution >= 0.6 is 0 Å². The van der Waals surface area contributed by atoms with Crippen LogP contribution in [-0.4, -0.2) is 29.4 Å². The smallest absolute Gasteiger partial charge is 0.407 e. The maximum atomic E-state index is 11.4. The van der Waals surface area contributed by atoms with Gasteiger partial charge in [-0.3, -0.25) is 0 Å². The molecule has 1 unspecified atom stereocenters. The van der Waals surface area contributed by atoms with Crippen LogP contribution in [0.5, 0.6) is 0 Å². The first-order chi connectivity index (χ1) is 6.58. The standard InChI is InChI=1S/C11H23NO3/c1-8(10(2,3)4)15-9(14)12-11(5,6)7-13/h8,13H,7H2,1-6H3,(H,12,14). The third kappa shape index (κ3) is 5.62. The van der Waals surface area contributed by atoms with Gasteiger partial charge < -0.3 is 15.2 Å². The first-order valence-electron chi connectivity index (χ1n) is 5.18. The average Bonchev–Trinajstić information content (AvgIpc) is 2.01. The summed E-state index contributed by atoms with van der Waals surface area (Å²) in [4.78, 5) is 11.4. The van der Waals surface area contributed by atoms with Gasteiger partial charge in [0.2, 0.25) is 0 Å². The highest BCUT2D eigenvalue weighted by atomic mass is 16.6. The van der Waals surface area contributed by atoms with Gasteiger partial charge in [-0.05, 0) is 26.2 Å². The van der Waals surface area contributed by atoms with E-state index in [1.54, 1.807) is 13.8 Å². The number of aliphatic hydroxyl groups is 1. The van der Waals surface area contributed by atoms with Crippen molar-refractivity contribution in [3.63, 3.8) is 0 Å². The molecule has 0 saturated heterocycles. The predicted octanol–water partition coefficient (Wildman–Crippen LogP) is 1.92. The Hall–Kier alpha value is -0.770. The summed E-state index contributed by atoms with van der Waals surface area (Å²) < 4.78 is 5.19. The molecule has 1 atom stereocenters. The number of rotatable bonds is 3. The summed E-state index contributed by atoms with van der Waals surface area (Å²) in [6.45, 7) is 11.2. The van der Waals surface area contributed by atoms with E-state index in [1.807, 2.05) is 27.7 Å². The number of carbonyl (C=O) groups excluding carboxylic acids is 1. The first-order valence-corrected chi connectivity index (χ1v) is 5.18. The normalized spacial score (nSPS) is 14.6. The van der Waals surface area contributed by atoms with Gasteiger partial charge in [0.25, 0.3) is 0 Å². The molecule has 0 aliphatic heterocycles. The molecule has 0 aromatic rings. The molecule has 0 aliphatic rings. The number of ether oxygens (including phenoxy) is 1. The molecule has 15 heavy (non-hydrogen) atoms. The molecule has 4 nitrogen and oxygen atoms in total. The van der Waals surface area contributed by atoms with E-state index < -0.39 is 11.6 Å². The van der Waals surface area contributed by atoms with Crippen LogP contribution in [0.25, 0.3) is 0 Å². The van der Waals surface area contributed by atoms with Crippen LogP contribution in [0.4, 0.5) is 4.79 Å². The Morgan fingerprint density at radius 3 is 2.13 bits per heavy atom. The van der Waals surface area contributed by atoms with Crippen LogP contribution in [0.15, 0.2) is 0 Å². The zero-order valence-electron chi connectivity index (χ0n) is 10.5. The fourth-order valence-corrected chi connectivity index (χ4v) is 0.683. The highest BCUT2D eigenvalue weighted by Crippen LogP contribution is 2.21. The van der Waals surface area contributed by atoms with Crippen molar-refractivity contribution in [1.82, 2.24) is 5.32 Å². The van der Waals surface area contributed by atoms with Gasteiger partial charge in [-0.25, -0.2) is 4.79 Å². The molecule has 0 spiro atoms. The number of aliphatic hydroxyl groups excluding tert-OH is 1. The Balaban J connectivity index is 4.17. The molecular weight excluding hydrogens is 194 g/mol. The largest absolute Gasteiger partial charge is 0.446 e. The van der Waals surface area contributed by atoms with Gasteiger partial charge >= 0.3 is 6.09 Å². The van der Waals surface area contributed by atoms with Crippen molar-refractivity contribution in [2.45, 2.75) is 53.2 Å². The van der Waals surface area contributed by atoms with Crippen LogP contribution in [0.1, 0.15) is 41.5 Å². The monoisotopic (exact) mass is 217 g/mol. The van der Waals surface area contributed by atoms with Crippen LogP contribution in [-0.2, 0) is 4.74 Å². The zero-order valence-corrected chi connectivity index (χ0v) is 10.5. The Bertz CT molecular complexity index is 218. The number of hydrogen-bond acceptors (Lipinski definition) is 3.